The fourth-order valence-electron chi connectivity index (χ4n) is 1.69. The number of carbonyl (C=O) groups is 2. The lowest BCUT2D eigenvalue weighted by atomic mass is 10.2. The number of thioether (sulfide) groups is 1. The minimum atomic E-state index is -0.275. The molecule has 2 amide bonds. The number of rotatable bonds is 2. The summed E-state index contributed by atoms with van der Waals surface area (Å²) in [7, 11) is 0. The van der Waals surface area contributed by atoms with E-state index in [4.69, 9.17) is 0 Å². The van der Waals surface area contributed by atoms with Crippen LogP contribution in [0.3, 0.4) is 0 Å². The maximum absolute atomic E-state index is 12.0. The maximum atomic E-state index is 12.0. The van der Waals surface area contributed by atoms with E-state index in [9.17, 15) is 14.7 Å². The van der Waals surface area contributed by atoms with Crippen molar-refractivity contribution in [3.8, 4) is 5.75 Å². The molecular weight excluding hydrogens is 250 g/mol. The average Bonchev–Trinajstić information content (AvgIpc) is 2.54. The zero-order valence-corrected chi connectivity index (χ0v) is 10.9. The molecule has 0 aliphatic carbocycles. The van der Waals surface area contributed by atoms with Gasteiger partial charge in [0.2, 0.25) is 0 Å². The predicted molar refractivity (Wildman–Crippen MR) is 71.1 cm³/mol. The summed E-state index contributed by atoms with van der Waals surface area (Å²) in [6.07, 6.45) is 1.62. The van der Waals surface area contributed by atoms with Crippen LogP contribution in [-0.4, -0.2) is 27.2 Å². The molecular formula is C13H13NO3S. The number of phenols is 1. The zero-order chi connectivity index (χ0) is 13.3. The van der Waals surface area contributed by atoms with Gasteiger partial charge < -0.3 is 5.11 Å². The average molecular weight is 263 g/mol. The molecule has 1 aliphatic heterocycles. The molecule has 0 bridgehead atoms. The Kier molecular flexibility index (Phi) is 3.43. The third-order valence-electron chi connectivity index (χ3n) is 2.51. The van der Waals surface area contributed by atoms with E-state index in [1.54, 1.807) is 44.2 Å². The molecule has 1 aromatic rings. The van der Waals surface area contributed by atoms with Crippen molar-refractivity contribution in [2.45, 2.75) is 19.9 Å². The maximum Gasteiger partial charge on any atom is 0.293 e. The van der Waals surface area contributed by atoms with Gasteiger partial charge in [-0.25, -0.2) is 0 Å². The molecule has 18 heavy (non-hydrogen) atoms. The number of amides is 2. The second-order valence-electron chi connectivity index (χ2n) is 4.24. The van der Waals surface area contributed by atoms with Crippen LogP contribution in [0.25, 0.3) is 6.08 Å². The van der Waals surface area contributed by atoms with Crippen LogP contribution in [0.1, 0.15) is 19.4 Å². The second kappa shape index (κ2) is 4.86. The van der Waals surface area contributed by atoms with Crippen LogP contribution >= 0.6 is 11.8 Å². The van der Waals surface area contributed by atoms with Crippen molar-refractivity contribution in [3.63, 3.8) is 0 Å². The lowest BCUT2D eigenvalue weighted by molar-refractivity contribution is -0.123. The largest absolute Gasteiger partial charge is 0.508 e. The predicted octanol–water partition coefficient (Wildman–Crippen LogP) is 2.84. The van der Waals surface area contributed by atoms with Gasteiger partial charge in [0, 0.05) is 6.04 Å². The van der Waals surface area contributed by atoms with Gasteiger partial charge in [-0.15, -0.1) is 0 Å². The Labute approximate surface area is 109 Å². The monoisotopic (exact) mass is 263 g/mol. The van der Waals surface area contributed by atoms with Crippen LogP contribution in [-0.2, 0) is 4.79 Å². The summed E-state index contributed by atoms with van der Waals surface area (Å²) in [6.45, 7) is 3.60. The Morgan fingerprint density at radius 2 is 2.06 bits per heavy atom. The van der Waals surface area contributed by atoms with Gasteiger partial charge in [-0.05, 0) is 49.4 Å². The molecule has 0 atom stereocenters. The minimum absolute atomic E-state index is 0.131. The van der Waals surface area contributed by atoms with Crippen molar-refractivity contribution < 1.29 is 14.7 Å². The fourth-order valence-corrected chi connectivity index (χ4v) is 2.65. The van der Waals surface area contributed by atoms with Gasteiger partial charge in [0.1, 0.15) is 5.75 Å². The molecule has 0 aromatic heterocycles. The van der Waals surface area contributed by atoms with Crippen LogP contribution in [0.2, 0.25) is 0 Å². The van der Waals surface area contributed by atoms with Crippen molar-refractivity contribution in [2.75, 3.05) is 0 Å². The van der Waals surface area contributed by atoms with Gasteiger partial charge in [-0.1, -0.05) is 12.1 Å². The molecule has 1 aliphatic rings. The van der Waals surface area contributed by atoms with E-state index in [2.05, 4.69) is 0 Å². The first-order valence-corrected chi connectivity index (χ1v) is 6.37. The number of hydrogen-bond donors (Lipinski definition) is 1. The Morgan fingerprint density at radius 3 is 2.61 bits per heavy atom. The quantitative estimate of drug-likeness (QED) is 0.834. The number of hydrogen-bond acceptors (Lipinski definition) is 4. The third-order valence-corrected chi connectivity index (χ3v) is 3.39. The number of nitrogens with zero attached hydrogens (tertiary/aromatic N) is 1. The molecule has 1 heterocycles. The molecule has 94 valence electrons. The normalized spacial score (nSPS) is 18.2. The Balaban J connectivity index is 2.31. The summed E-state index contributed by atoms with van der Waals surface area (Å²) in [5.74, 6) is -0.143. The topological polar surface area (TPSA) is 57.6 Å². The number of phenolic OH excluding ortho intramolecular Hbond substituents is 1. The molecule has 1 aromatic carbocycles. The van der Waals surface area contributed by atoms with Crippen LogP contribution in [0, 0.1) is 0 Å². The van der Waals surface area contributed by atoms with Gasteiger partial charge in [-0.3, -0.25) is 14.5 Å². The van der Waals surface area contributed by atoms with Crippen molar-refractivity contribution in [3.05, 3.63) is 34.7 Å². The molecule has 5 heteroatoms. The fraction of sp³-hybridized carbons (Fsp3) is 0.231. The van der Waals surface area contributed by atoms with Gasteiger partial charge >= 0.3 is 0 Å². The standard InChI is InChI=1S/C13H13NO3S/c1-8(2)14-12(16)11(18-13(14)17)7-9-4-3-5-10(15)6-9/h3-8,15H,1-2H3. The van der Waals surface area contributed by atoms with Crippen molar-refractivity contribution in [2.24, 2.45) is 0 Å². The van der Waals surface area contributed by atoms with Gasteiger partial charge in [0.15, 0.2) is 0 Å². The first-order chi connectivity index (χ1) is 8.49. The molecule has 1 N–H and O–H groups in total. The second-order valence-corrected chi connectivity index (χ2v) is 5.23. The van der Waals surface area contributed by atoms with Crippen LogP contribution in [0.4, 0.5) is 4.79 Å². The summed E-state index contributed by atoms with van der Waals surface area (Å²) in [4.78, 5) is 25.3. The smallest absolute Gasteiger partial charge is 0.293 e. The van der Waals surface area contributed by atoms with Crippen LogP contribution < -0.4 is 0 Å². The molecule has 4 nitrogen and oxygen atoms in total. The van der Waals surface area contributed by atoms with Crippen LogP contribution in [0.5, 0.6) is 5.75 Å². The number of benzene rings is 1. The third kappa shape index (κ3) is 2.41. The van der Waals surface area contributed by atoms with E-state index in [0.717, 1.165) is 11.8 Å². The Hall–Kier alpha value is -1.75. The van der Waals surface area contributed by atoms with Crippen molar-refractivity contribution >= 4 is 29.0 Å². The van der Waals surface area contributed by atoms with E-state index in [0.29, 0.717) is 10.5 Å². The lowest BCUT2D eigenvalue weighted by Gasteiger charge is -2.16. The summed E-state index contributed by atoms with van der Waals surface area (Å²) < 4.78 is 0. The van der Waals surface area contributed by atoms with E-state index in [1.807, 2.05) is 0 Å². The molecule has 1 fully saturated rings. The molecule has 0 spiro atoms. The highest BCUT2D eigenvalue weighted by Gasteiger charge is 2.36. The summed E-state index contributed by atoms with van der Waals surface area (Å²) in [5, 5.41) is 9.10. The van der Waals surface area contributed by atoms with Gasteiger partial charge in [-0.2, -0.15) is 0 Å². The van der Waals surface area contributed by atoms with Crippen molar-refractivity contribution in [1.29, 1.82) is 0 Å². The molecule has 0 radical (unpaired) electrons. The zero-order valence-electron chi connectivity index (χ0n) is 10.1. The number of imide groups is 1. The van der Waals surface area contributed by atoms with Gasteiger partial charge in [0.25, 0.3) is 11.1 Å². The Bertz CT molecular complexity index is 537. The molecule has 1 saturated heterocycles. The highest BCUT2D eigenvalue weighted by molar-refractivity contribution is 8.18. The summed E-state index contributed by atoms with van der Waals surface area (Å²) in [5.41, 5.74) is 0.698. The van der Waals surface area contributed by atoms with E-state index >= 15 is 0 Å². The van der Waals surface area contributed by atoms with Gasteiger partial charge in [0.05, 0.1) is 4.91 Å². The molecule has 2 rings (SSSR count). The minimum Gasteiger partial charge on any atom is -0.508 e. The van der Waals surface area contributed by atoms with E-state index < -0.39 is 0 Å². The highest BCUT2D eigenvalue weighted by atomic mass is 32.2. The van der Waals surface area contributed by atoms with Crippen LogP contribution in [0.15, 0.2) is 29.2 Å². The molecule has 0 saturated carbocycles. The SMILES string of the molecule is CC(C)N1C(=O)SC(=Cc2cccc(O)c2)C1=O. The lowest BCUT2D eigenvalue weighted by Crippen LogP contribution is -2.34. The first-order valence-electron chi connectivity index (χ1n) is 5.55. The van der Waals surface area contributed by atoms with E-state index in [1.165, 1.54) is 4.90 Å². The molecule has 0 unspecified atom stereocenters. The number of aromatic hydroxyl groups is 1. The number of carbonyl (C=O) groups excluding carboxylic acids is 2. The van der Waals surface area contributed by atoms with Crippen molar-refractivity contribution in [1.82, 2.24) is 4.90 Å². The summed E-state index contributed by atoms with van der Waals surface area (Å²) >= 11 is 0.928. The Morgan fingerprint density at radius 1 is 1.33 bits per heavy atom. The highest BCUT2D eigenvalue weighted by Crippen LogP contribution is 2.33. The summed E-state index contributed by atoms with van der Waals surface area (Å²) in [6, 6.07) is 6.41. The first kappa shape index (κ1) is 12.7. The van der Waals surface area contributed by atoms with E-state index in [-0.39, 0.29) is 22.9 Å².